The summed E-state index contributed by atoms with van der Waals surface area (Å²) in [6.45, 7) is 5.43. The van der Waals surface area contributed by atoms with Gasteiger partial charge in [0.05, 0.1) is 0 Å². The molecular weight excluding hydrogens is 110 g/mol. The number of hydrogen-bond acceptors (Lipinski definition) is 1. The zero-order chi connectivity index (χ0) is 7.28. The molecule has 0 aromatic carbocycles. The lowest BCUT2D eigenvalue weighted by Crippen LogP contribution is -2.10. The molecule has 0 aliphatic heterocycles. The first-order valence-corrected chi connectivity index (χ1v) is 3.44. The molecule has 0 bridgehead atoms. The van der Waals surface area contributed by atoms with Crippen molar-refractivity contribution in [1.82, 2.24) is 4.90 Å². The molecule has 0 atom stereocenters. The summed E-state index contributed by atoms with van der Waals surface area (Å²) in [5.41, 5.74) is 0. The van der Waals surface area contributed by atoms with Gasteiger partial charge in [0, 0.05) is 6.54 Å². The molecule has 0 aliphatic rings. The first-order chi connectivity index (χ1) is 4.13. The second kappa shape index (κ2) is 4.57. The lowest BCUT2D eigenvalue weighted by Gasteiger charge is -2.03. The third-order valence-electron chi connectivity index (χ3n) is 0.992. The van der Waals surface area contributed by atoms with Crippen LogP contribution in [0.3, 0.4) is 0 Å². The van der Waals surface area contributed by atoms with E-state index in [1.807, 2.05) is 0 Å². The van der Waals surface area contributed by atoms with E-state index in [4.69, 9.17) is 0 Å². The third-order valence-corrected chi connectivity index (χ3v) is 0.992. The highest BCUT2D eigenvalue weighted by Crippen LogP contribution is 1.92. The Hall–Kier alpha value is -0.300. The van der Waals surface area contributed by atoms with Gasteiger partial charge in [-0.3, -0.25) is 0 Å². The fourth-order valence-corrected chi connectivity index (χ4v) is 0.544. The molecule has 0 heterocycles. The average Bonchev–Trinajstić information content (AvgIpc) is 1.63. The predicted octanol–water partition coefficient (Wildman–Crippen LogP) is 1.76. The summed E-state index contributed by atoms with van der Waals surface area (Å²) < 4.78 is 0. The van der Waals surface area contributed by atoms with Crippen LogP contribution in [0.2, 0.25) is 0 Å². The summed E-state index contributed by atoms with van der Waals surface area (Å²) in [7, 11) is 4.15. The van der Waals surface area contributed by atoms with Crippen molar-refractivity contribution in [2.45, 2.75) is 13.8 Å². The van der Waals surface area contributed by atoms with Crippen LogP contribution in [0.25, 0.3) is 0 Å². The van der Waals surface area contributed by atoms with Gasteiger partial charge < -0.3 is 4.90 Å². The molecule has 0 aliphatic carbocycles. The zero-order valence-corrected chi connectivity index (χ0v) is 6.89. The normalized spacial score (nSPS) is 12.2. The number of hydrogen-bond donors (Lipinski definition) is 0. The van der Waals surface area contributed by atoms with E-state index >= 15 is 0 Å². The Morgan fingerprint density at radius 3 is 2.22 bits per heavy atom. The molecule has 0 spiro atoms. The average molecular weight is 127 g/mol. The van der Waals surface area contributed by atoms with Crippen LogP contribution in [-0.2, 0) is 0 Å². The predicted molar refractivity (Wildman–Crippen MR) is 42.5 cm³/mol. The van der Waals surface area contributed by atoms with Crippen molar-refractivity contribution < 1.29 is 0 Å². The summed E-state index contributed by atoms with van der Waals surface area (Å²) in [5.74, 6) is 0.685. The van der Waals surface area contributed by atoms with Crippen LogP contribution in [0, 0.1) is 5.92 Å². The van der Waals surface area contributed by atoms with Gasteiger partial charge in [-0.15, -0.1) is 0 Å². The highest BCUT2D eigenvalue weighted by Gasteiger charge is 1.84. The third kappa shape index (κ3) is 7.70. The molecule has 0 unspecified atom stereocenters. The molecule has 1 nitrogen and oxygen atoms in total. The molecule has 0 saturated heterocycles. The monoisotopic (exact) mass is 127 g/mol. The lowest BCUT2D eigenvalue weighted by atomic mass is 10.2. The van der Waals surface area contributed by atoms with E-state index in [1.54, 1.807) is 0 Å². The Kier molecular flexibility index (Phi) is 4.41. The van der Waals surface area contributed by atoms with Gasteiger partial charge in [-0.25, -0.2) is 0 Å². The largest absolute Gasteiger partial charge is 0.306 e. The number of likely N-dealkylation sites (N-methyl/N-ethyl adjacent to an activating group) is 1. The molecule has 0 saturated carbocycles. The van der Waals surface area contributed by atoms with Gasteiger partial charge in [0.15, 0.2) is 0 Å². The van der Waals surface area contributed by atoms with Crippen molar-refractivity contribution in [2.24, 2.45) is 5.92 Å². The van der Waals surface area contributed by atoms with Gasteiger partial charge in [-0.2, -0.15) is 0 Å². The maximum atomic E-state index is 2.22. The minimum absolute atomic E-state index is 0.685. The second-order valence-electron chi connectivity index (χ2n) is 2.93. The Morgan fingerprint density at radius 1 is 1.33 bits per heavy atom. The van der Waals surface area contributed by atoms with Crippen LogP contribution < -0.4 is 0 Å². The van der Waals surface area contributed by atoms with Gasteiger partial charge in [0.2, 0.25) is 0 Å². The molecule has 0 amide bonds. The molecule has 0 aromatic rings. The maximum Gasteiger partial charge on any atom is 0.0157 e. The fourth-order valence-electron chi connectivity index (χ4n) is 0.544. The Morgan fingerprint density at radius 2 is 1.89 bits per heavy atom. The maximum absolute atomic E-state index is 2.22. The van der Waals surface area contributed by atoms with E-state index in [0.29, 0.717) is 5.92 Å². The van der Waals surface area contributed by atoms with Crippen molar-refractivity contribution in [3.8, 4) is 0 Å². The van der Waals surface area contributed by atoms with Gasteiger partial charge in [0.25, 0.3) is 0 Å². The van der Waals surface area contributed by atoms with E-state index in [1.165, 1.54) is 0 Å². The number of rotatable bonds is 3. The molecule has 54 valence electrons. The van der Waals surface area contributed by atoms with Crippen LogP contribution in [0.4, 0.5) is 0 Å². The van der Waals surface area contributed by atoms with Crippen LogP contribution in [-0.4, -0.2) is 25.5 Å². The SMILES string of the molecule is CC(C)C=CCN(C)C. The Bertz CT molecular complexity index is 82.6. The summed E-state index contributed by atoms with van der Waals surface area (Å²) >= 11 is 0. The van der Waals surface area contributed by atoms with E-state index in [-0.39, 0.29) is 0 Å². The van der Waals surface area contributed by atoms with Gasteiger partial charge in [-0.05, 0) is 20.0 Å². The molecule has 0 N–H and O–H groups in total. The van der Waals surface area contributed by atoms with Crippen molar-refractivity contribution in [2.75, 3.05) is 20.6 Å². The zero-order valence-electron chi connectivity index (χ0n) is 6.89. The van der Waals surface area contributed by atoms with Crippen LogP contribution in [0.15, 0.2) is 12.2 Å². The summed E-state index contributed by atoms with van der Waals surface area (Å²) in [5, 5.41) is 0. The first-order valence-electron chi connectivity index (χ1n) is 3.44. The van der Waals surface area contributed by atoms with Gasteiger partial charge in [-0.1, -0.05) is 26.0 Å². The summed E-state index contributed by atoms with van der Waals surface area (Å²) in [4.78, 5) is 2.15. The van der Waals surface area contributed by atoms with Gasteiger partial charge in [0.1, 0.15) is 0 Å². The Balaban J connectivity index is 3.25. The van der Waals surface area contributed by atoms with Crippen molar-refractivity contribution in [1.29, 1.82) is 0 Å². The van der Waals surface area contributed by atoms with E-state index in [0.717, 1.165) is 6.54 Å². The highest BCUT2D eigenvalue weighted by molar-refractivity contribution is 4.85. The smallest absolute Gasteiger partial charge is 0.0157 e. The number of allylic oxidation sites excluding steroid dienone is 1. The van der Waals surface area contributed by atoms with Crippen molar-refractivity contribution in [3.05, 3.63) is 12.2 Å². The molecule has 9 heavy (non-hydrogen) atoms. The topological polar surface area (TPSA) is 3.24 Å². The molecule has 0 aromatic heterocycles. The van der Waals surface area contributed by atoms with Crippen LogP contribution in [0.5, 0.6) is 0 Å². The highest BCUT2D eigenvalue weighted by atomic mass is 15.0. The van der Waals surface area contributed by atoms with E-state index < -0.39 is 0 Å². The summed E-state index contributed by atoms with van der Waals surface area (Å²) in [6, 6.07) is 0. The molecule has 0 rings (SSSR count). The second-order valence-corrected chi connectivity index (χ2v) is 2.93. The summed E-state index contributed by atoms with van der Waals surface area (Å²) in [6.07, 6.45) is 4.42. The number of nitrogens with zero attached hydrogens (tertiary/aromatic N) is 1. The van der Waals surface area contributed by atoms with Crippen LogP contribution in [0.1, 0.15) is 13.8 Å². The minimum atomic E-state index is 0.685. The molecule has 0 radical (unpaired) electrons. The molecule has 0 fully saturated rings. The van der Waals surface area contributed by atoms with Crippen molar-refractivity contribution >= 4 is 0 Å². The van der Waals surface area contributed by atoms with Crippen LogP contribution >= 0.6 is 0 Å². The Labute approximate surface area is 58.4 Å². The van der Waals surface area contributed by atoms with Gasteiger partial charge >= 0.3 is 0 Å². The quantitative estimate of drug-likeness (QED) is 0.522. The standard InChI is InChI=1S/C8H17N/c1-8(2)6-5-7-9(3)4/h5-6,8H,7H2,1-4H3. The molecular formula is C8H17N. The fraction of sp³-hybridized carbons (Fsp3) is 0.750. The van der Waals surface area contributed by atoms with E-state index in [2.05, 4.69) is 45.0 Å². The van der Waals surface area contributed by atoms with Crippen molar-refractivity contribution in [3.63, 3.8) is 0 Å². The first kappa shape index (κ1) is 8.70. The lowest BCUT2D eigenvalue weighted by molar-refractivity contribution is 0.455. The molecule has 1 heteroatoms. The van der Waals surface area contributed by atoms with E-state index in [9.17, 15) is 0 Å². The minimum Gasteiger partial charge on any atom is -0.306 e.